The van der Waals surface area contributed by atoms with Crippen LogP contribution in [0.3, 0.4) is 0 Å². The van der Waals surface area contributed by atoms with Gasteiger partial charge in [0, 0.05) is 0 Å². The SMILES string of the molecule is O=S(=O)(O)C(CO)S(=O)(=O)c1ccccc1. The molecule has 1 aromatic carbocycles. The largest absolute Gasteiger partial charge is 0.394 e. The monoisotopic (exact) mass is 266 g/mol. The molecule has 0 amide bonds. The van der Waals surface area contributed by atoms with Gasteiger partial charge in [-0.2, -0.15) is 8.42 Å². The van der Waals surface area contributed by atoms with Crippen molar-refractivity contribution in [2.24, 2.45) is 0 Å². The minimum Gasteiger partial charge on any atom is -0.394 e. The number of sulfone groups is 1. The maximum atomic E-state index is 11.7. The highest BCUT2D eigenvalue weighted by Gasteiger charge is 2.37. The summed E-state index contributed by atoms with van der Waals surface area (Å²) in [6, 6.07) is 6.74. The van der Waals surface area contributed by atoms with Crippen molar-refractivity contribution in [3.8, 4) is 0 Å². The average molecular weight is 266 g/mol. The standard InChI is InChI=1S/C8H10O6S2/c9-6-8(16(12,13)14)15(10,11)7-4-2-1-3-5-7/h1-5,8-9H,6H2,(H,12,13,14). The second-order valence-electron chi connectivity index (χ2n) is 2.99. The zero-order valence-electron chi connectivity index (χ0n) is 8.02. The predicted molar refractivity (Wildman–Crippen MR) is 56.1 cm³/mol. The van der Waals surface area contributed by atoms with Gasteiger partial charge in [-0.3, -0.25) is 4.55 Å². The molecule has 1 rings (SSSR count). The molecule has 0 heterocycles. The molecule has 2 N–H and O–H groups in total. The summed E-state index contributed by atoms with van der Waals surface area (Å²) in [6.45, 7) is -1.20. The van der Waals surface area contributed by atoms with E-state index in [1.165, 1.54) is 24.3 Å². The van der Waals surface area contributed by atoms with E-state index in [9.17, 15) is 16.8 Å². The van der Waals surface area contributed by atoms with Gasteiger partial charge >= 0.3 is 0 Å². The van der Waals surface area contributed by atoms with E-state index in [1.807, 2.05) is 0 Å². The Bertz CT molecular complexity index is 545. The third-order valence-corrected chi connectivity index (χ3v) is 5.97. The lowest BCUT2D eigenvalue weighted by atomic mass is 10.4. The maximum absolute atomic E-state index is 11.7. The summed E-state index contributed by atoms with van der Waals surface area (Å²) in [6.07, 6.45) is 0. The van der Waals surface area contributed by atoms with E-state index < -0.39 is 31.1 Å². The Morgan fingerprint density at radius 3 is 1.94 bits per heavy atom. The first-order valence-corrected chi connectivity index (χ1v) is 7.21. The topological polar surface area (TPSA) is 109 Å². The lowest BCUT2D eigenvalue weighted by Gasteiger charge is -2.11. The molecule has 0 spiro atoms. The molecule has 1 aromatic rings. The van der Waals surface area contributed by atoms with Crippen molar-refractivity contribution in [3.05, 3.63) is 30.3 Å². The summed E-state index contributed by atoms with van der Waals surface area (Å²) >= 11 is 0. The van der Waals surface area contributed by atoms with E-state index in [0.717, 1.165) is 0 Å². The molecule has 0 aliphatic rings. The smallest absolute Gasteiger partial charge is 0.285 e. The molecule has 0 aliphatic carbocycles. The quantitative estimate of drug-likeness (QED) is 0.722. The van der Waals surface area contributed by atoms with Crippen LogP contribution in [-0.4, -0.2) is 37.7 Å². The second-order valence-corrected chi connectivity index (χ2v) is 7.01. The lowest BCUT2D eigenvalue weighted by molar-refractivity contribution is 0.303. The van der Waals surface area contributed by atoms with Crippen LogP contribution < -0.4 is 0 Å². The molecule has 0 saturated carbocycles. The minimum absolute atomic E-state index is 0.272. The van der Waals surface area contributed by atoms with Gasteiger partial charge in [-0.05, 0) is 12.1 Å². The molecule has 90 valence electrons. The van der Waals surface area contributed by atoms with Crippen molar-refractivity contribution in [1.82, 2.24) is 0 Å². The van der Waals surface area contributed by atoms with Crippen LogP contribution >= 0.6 is 0 Å². The van der Waals surface area contributed by atoms with Gasteiger partial charge in [0.2, 0.25) is 4.58 Å². The van der Waals surface area contributed by atoms with E-state index in [1.54, 1.807) is 6.07 Å². The molecule has 0 bridgehead atoms. The van der Waals surface area contributed by atoms with Gasteiger partial charge in [-0.1, -0.05) is 18.2 Å². The Labute approximate surface area is 93.2 Å². The first kappa shape index (κ1) is 13.1. The Kier molecular flexibility index (Phi) is 3.68. The van der Waals surface area contributed by atoms with Crippen LogP contribution in [-0.2, 0) is 20.0 Å². The van der Waals surface area contributed by atoms with Crippen molar-refractivity contribution in [1.29, 1.82) is 0 Å². The molecule has 0 aromatic heterocycles. The number of benzene rings is 1. The molecule has 6 nitrogen and oxygen atoms in total. The number of aliphatic hydroxyl groups excluding tert-OH is 1. The third kappa shape index (κ3) is 2.59. The van der Waals surface area contributed by atoms with Crippen molar-refractivity contribution >= 4 is 20.0 Å². The van der Waals surface area contributed by atoms with Crippen LogP contribution in [0.4, 0.5) is 0 Å². The van der Waals surface area contributed by atoms with Gasteiger partial charge in [-0.15, -0.1) is 0 Å². The number of hydrogen-bond donors (Lipinski definition) is 2. The van der Waals surface area contributed by atoms with Gasteiger partial charge < -0.3 is 5.11 Å². The first-order valence-electron chi connectivity index (χ1n) is 4.16. The molecule has 0 aliphatic heterocycles. The van der Waals surface area contributed by atoms with Gasteiger partial charge in [-0.25, -0.2) is 8.42 Å². The maximum Gasteiger partial charge on any atom is 0.285 e. The zero-order chi connectivity index (χ0) is 12.4. The van der Waals surface area contributed by atoms with Gasteiger partial charge in [0.15, 0.2) is 9.84 Å². The number of hydrogen-bond acceptors (Lipinski definition) is 5. The molecular weight excluding hydrogens is 256 g/mol. The van der Waals surface area contributed by atoms with Crippen molar-refractivity contribution in [3.63, 3.8) is 0 Å². The fraction of sp³-hybridized carbons (Fsp3) is 0.250. The van der Waals surface area contributed by atoms with Gasteiger partial charge in [0.05, 0.1) is 11.5 Å². The highest BCUT2D eigenvalue weighted by molar-refractivity contribution is 8.06. The fourth-order valence-electron chi connectivity index (χ4n) is 1.11. The average Bonchev–Trinajstić information content (AvgIpc) is 2.17. The zero-order valence-corrected chi connectivity index (χ0v) is 9.65. The van der Waals surface area contributed by atoms with Crippen LogP contribution in [0.15, 0.2) is 35.2 Å². The number of rotatable bonds is 4. The molecule has 0 saturated heterocycles. The lowest BCUT2D eigenvalue weighted by Crippen LogP contribution is -2.33. The molecule has 8 heteroatoms. The second kappa shape index (κ2) is 4.50. The van der Waals surface area contributed by atoms with E-state index in [-0.39, 0.29) is 4.90 Å². The van der Waals surface area contributed by atoms with E-state index >= 15 is 0 Å². The van der Waals surface area contributed by atoms with Gasteiger partial charge in [0.1, 0.15) is 0 Å². The minimum atomic E-state index is -4.86. The van der Waals surface area contributed by atoms with E-state index in [0.29, 0.717) is 0 Å². The highest BCUT2D eigenvalue weighted by atomic mass is 32.3. The van der Waals surface area contributed by atoms with Crippen LogP contribution in [0.5, 0.6) is 0 Å². The normalized spacial score (nSPS) is 14.6. The van der Waals surface area contributed by atoms with Gasteiger partial charge in [0.25, 0.3) is 10.1 Å². The van der Waals surface area contributed by atoms with Crippen LogP contribution in [0, 0.1) is 0 Å². The molecule has 0 fully saturated rings. The van der Waals surface area contributed by atoms with E-state index in [4.69, 9.17) is 9.66 Å². The summed E-state index contributed by atoms with van der Waals surface area (Å²) in [5.41, 5.74) is 0. The Hall–Kier alpha value is -0.960. The summed E-state index contributed by atoms with van der Waals surface area (Å²) in [4.78, 5) is -0.272. The van der Waals surface area contributed by atoms with Crippen LogP contribution in [0.1, 0.15) is 0 Å². The van der Waals surface area contributed by atoms with Crippen molar-refractivity contribution < 1.29 is 26.5 Å². The summed E-state index contributed by atoms with van der Waals surface area (Å²) in [5, 5.41) is 8.74. The molecule has 0 radical (unpaired) electrons. The molecule has 1 unspecified atom stereocenters. The Balaban J connectivity index is 3.32. The molecule has 1 atom stereocenters. The van der Waals surface area contributed by atoms with Crippen molar-refractivity contribution in [2.75, 3.05) is 6.61 Å². The summed E-state index contributed by atoms with van der Waals surface area (Å²) in [5.74, 6) is 0. The van der Waals surface area contributed by atoms with Crippen LogP contribution in [0.2, 0.25) is 0 Å². The summed E-state index contributed by atoms with van der Waals surface area (Å²) in [7, 11) is -9.16. The molecule has 16 heavy (non-hydrogen) atoms. The molecular formula is C8H10O6S2. The highest BCUT2D eigenvalue weighted by Crippen LogP contribution is 2.18. The Morgan fingerprint density at radius 2 is 1.56 bits per heavy atom. The van der Waals surface area contributed by atoms with E-state index in [2.05, 4.69) is 0 Å². The number of aliphatic hydroxyl groups is 1. The third-order valence-electron chi connectivity index (χ3n) is 1.90. The van der Waals surface area contributed by atoms with Crippen LogP contribution in [0.25, 0.3) is 0 Å². The van der Waals surface area contributed by atoms with Crippen molar-refractivity contribution in [2.45, 2.75) is 9.48 Å². The fourth-order valence-corrected chi connectivity index (χ4v) is 3.95. The Morgan fingerprint density at radius 1 is 1.06 bits per heavy atom. The first-order chi connectivity index (χ1) is 7.30. The predicted octanol–water partition coefficient (Wildman–Crippen LogP) is -0.334. The summed E-state index contributed by atoms with van der Waals surface area (Å²) < 4.78 is 51.5.